The number of aliphatic hydroxyl groups excluding tert-OH is 1. The first-order valence-electron chi connectivity index (χ1n) is 2.78. The van der Waals surface area contributed by atoms with Gasteiger partial charge in [0.25, 0.3) is 0 Å². The average molecular weight is 228 g/mol. The van der Waals surface area contributed by atoms with Crippen LogP contribution in [0, 0.1) is 0 Å². The van der Waals surface area contributed by atoms with E-state index in [1.54, 1.807) is 0 Å². The number of hydrogen-bond donors (Lipinski definition) is 4. The predicted molar refractivity (Wildman–Crippen MR) is 33.9 cm³/mol. The van der Waals surface area contributed by atoms with E-state index in [-0.39, 0.29) is 0 Å². The van der Waals surface area contributed by atoms with Crippen molar-refractivity contribution in [1.82, 2.24) is 0 Å². The molecule has 11 heavy (non-hydrogen) atoms. The molecule has 0 saturated heterocycles. The molecule has 0 rings (SSSR count). The van der Waals surface area contributed by atoms with Gasteiger partial charge in [0, 0.05) is 0 Å². The summed E-state index contributed by atoms with van der Waals surface area (Å²) in [4.78, 5) is 9.92. The number of hydrogen-bond acceptors (Lipinski definition) is 3. The van der Waals surface area contributed by atoms with E-state index < -0.39 is 37.9 Å². The third-order valence-electron chi connectivity index (χ3n) is 0.979. The molecule has 0 fully saturated rings. The van der Waals surface area contributed by atoms with E-state index in [9.17, 15) is 8.53 Å². The fourth-order valence-corrected chi connectivity index (χ4v) is 1.63. The van der Waals surface area contributed by atoms with Crippen molar-refractivity contribution in [1.29, 1.82) is 0 Å². The van der Waals surface area contributed by atoms with Crippen molar-refractivity contribution in [3.05, 3.63) is 0 Å². The fourth-order valence-electron chi connectivity index (χ4n) is 0.414. The Bertz CT molecular complexity index is 183. The van der Waals surface area contributed by atoms with Crippen molar-refractivity contribution in [2.75, 3.05) is 0 Å². The standard InChI is InChI=1S/C4H9AsO6/c6-3(4(7)8)1-2-5(9,10)11/h3,6H,1-2H2,(H,7,8)(H2,9,10,11). The number of aliphatic carboxylic acids is 1. The molecule has 0 aliphatic heterocycles. The van der Waals surface area contributed by atoms with Crippen LogP contribution in [0.2, 0.25) is 5.21 Å². The molecule has 7 heteroatoms. The maximum atomic E-state index is 10.2. The molecule has 6 nitrogen and oxygen atoms in total. The minimum absolute atomic E-state index is 0.404. The van der Waals surface area contributed by atoms with Crippen LogP contribution in [0.15, 0.2) is 0 Å². The minimum atomic E-state index is -4.74. The molecule has 0 aliphatic rings. The summed E-state index contributed by atoms with van der Waals surface area (Å²) in [6.45, 7) is 0. The van der Waals surface area contributed by atoms with Crippen LogP contribution in [0.4, 0.5) is 0 Å². The van der Waals surface area contributed by atoms with E-state index in [0.717, 1.165) is 0 Å². The van der Waals surface area contributed by atoms with E-state index in [2.05, 4.69) is 0 Å². The molecule has 0 aromatic heterocycles. The summed E-state index contributed by atoms with van der Waals surface area (Å²) in [7, 11) is 0. The van der Waals surface area contributed by atoms with Crippen LogP contribution < -0.4 is 0 Å². The SMILES string of the molecule is O=C(O)C(O)CC[As](=O)(O)O. The summed E-state index contributed by atoms with van der Waals surface area (Å²) in [5.74, 6) is -1.46. The molecule has 0 aliphatic carbocycles. The molecule has 0 bridgehead atoms. The average Bonchev–Trinajstić information content (AvgIpc) is 1.80. The molecular formula is C4H9AsO6. The van der Waals surface area contributed by atoms with E-state index in [0.29, 0.717) is 0 Å². The first-order valence-corrected chi connectivity index (χ1v) is 6.55. The predicted octanol–water partition coefficient (Wildman–Crippen LogP) is -1.82. The molecule has 0 heterocycles. The van der Waals surface area contributed by atoms with E-state index in [4.69, 9.17) is 18.4 Å². The first-order chi connectivity index (χ1) is 4.83. The molecule has 1 unspecified atom stereocenters. The van der Waals surface area contributed by atoms with Gasteiger partial charge in [-0.3, -0.25) is 0 Å². The molecule has 4 N–H and O–H groups in total. The Hall–Kier alpha value is -0.292. The Morgan fingerprint density at radius 3 is 2.18 bits per heavy atom. The zero-order valence-corrected chi connectivity index (χ0v) is 7.42. The van der Waals surface area contributed by atoms with Crippen LogP contribution in [-0.4, -0.2) is 44.7 Å². The van der Waals surface area contributed by atoms with Gasteiger partial charge in [-0.25, -0.2) is 0 Å². The Morgan fingerprint density at radius 2 is 1.91 bits per heavy atom. The summed E-state index contributed by atoms with van der Waals surface area (Å²) >= 11 is -4.74. The number of carboxylic acid groups (broad SMARTS) is 1. The first kappa shape index (κ1) is 10.7. The van der Waals surface area contributed by atoms with Gasteiger partial charge in [0.2, 0.25) is 0 Å². The van der Waals surface area contributed by atoms with Gasteiger partial charge in [-0.15, -0.1) is 0 Å². The molecule has 0 aromatic rings. The topological polar surface area (TPSA) is 115 Å². The van der Waals surface area contributed by atoms with Gasteiger partial charge in [0.1, 0.15) is 0 Å². The molecule has 66 valence electrons. The van der Waals surface area contributed by atoms with Crippen LogP contribution in [0.25, 0.3) is 0 Å². The monoisotopic (exact) mass is 228 g/mol. The van der Waals surface area contributed by atoms with Gasteiger partial charge in [-0.1, -0.05) is 0 Å². The van der Waals surface area contributed by atoms with Gasteiger partial charge in [-0.05, 0) is 0 Å². The maximum absolute atomic E-state index is 10.2. The van der Waals surface area contributed by atoms with Crippen molar-refractivity contribution >= 4 is 20.1 Å². The Kier molecular flexibility index (Phi) is 3.81. The van der Waals surface area contributed by atoms with Gasteiger partial charge in [0.15, 0.2) is 0 Å². The van der Waals surface area contributed by atoms with Crippen LogP contribution in [0.5, 0.6) is 0 Å². The number of rotatable bonds is 4. The Balaban J connectivity index is 3.72. The molecule has 0 saturated carbocycles. The van der Waals surface area contributed by atoms with E-state index >= 15 is 0 Å². The van der Waals surface area contributed by atoms with Crippen LogP contribution in [-0.2, 0) is 8.53 Å². The molecule has 0 amide bonds. The van der Waals surface area contributed by atoms with Crippen LogP contribution in [0.1, 0.15) is 6.42 Å². The number of carbonyl (C=O) groups is 1. The second-order valence-corrected chi connectivity index (χ2v) is 5.76. The Labute approximate surface area is 65.5 Å². The van der Waals surface area contributed by atoms with Crippen LogP contribution >= 0.6 is 0 Å². The van der Waals surface area contributed by atoms with Gasteiger partial charge < -0.3 is 0 Å². The second kappa shape index (κ2) is 3.92. The second-order valence-electron chi connectivity index (χ2n) is 2.03. The molecular weight excluding hydrogens is 219 g/mol. The summed E-state index contributed by atoms with van der Waals surface area (Å²) in [5, 5.41) is 16.1. The van der Waals surface area contributed by atoms with Crippen molar-refractivity contribution in [2.24, 2.45) is 0 Å². The zero-order valence-electron chi connectivity index (χ0n) is 5.54. The summed E-state index contributed by atoms with van der Waals surface area (Å²) in [6.07, 6.45) is -2.08. The van der Waals surface area contributed by atoms with Gasteiger partial charge in [0.05, 0.1) is 0 Å². The molecule has 0 radical (unpaired) electrons. The molecule has 0 spiro atoms. The van der Waals surface area contributed by atoms with Crippen molar-refractivity contribution in [3.63, 3.8) is 0 Å². The normalized spacial score (nSPS) is 14.5. The third-order valence-corrected chi connectivity index (χ3v) is 2.74. The summed E-state index contributed by atoms with van der Waals surface area (Å²) < 4.78 is 26.8. The van der Waals surface area contributed by atoms with Crippen molar-refractivity contribution in [3.8, 4) is 0 Å². The zero-order chi connectivity index (χ0) is 9.07. The third kappa shape index (κ3) is 6.12. The molecule has 1 atom stereocenters. The number of aliphatic hydroxyl groups is 1. The number of carboxylic acids is 1. The van der Waals surface area contributed by atoms with Gasteiger partial charge in [-0.2, -0.15) is 0 Å². The van der Waals surface area contributed by atoms with Crippen molar-refractivity contribution in [2.45, 2.75) is 17.7 Å². The van der Waals surface area contributed by atoms with Crippen LogP contribution in [0.3, 0.4) is 0 Å². The Morgan fingerprint density at radius 1 is 1.45 bits per heavy atom. The van der Waals surface area contributed by atoms with Gasteiger partial charge >= 0.3 is 64.8 Å². The van der Waals surface area contributed by atoms with Crippen molar-refractivity contribution < 1.29 is 26.9 Å². The summed E-state index contributed by atoms with van der Waals surface area (Å²) in [5.41, 5.74) is 0. The van der Waals surface area contributed by atoms with E-state index in [1.165, 1.54) is 0 Å². The molecule has 0 aromatic carbocycles. The summed E-state index contributed by atoms with van der Waals surface area (Å²) in [6, 6.07) is 0. The quantitative estimate of drug-likeness (QED) is 0.421. The fraction of sp³-hybridized carbons (Fsp3) is 0.750. The van der Waals surface area contributed by atoms with E-state index in [1.807, 2.05) is 0 Å².